The highest BCUT2D eigenvalue weighted by Gasteiger charge is 2.23. The monoisotopic (exact) mass is 565 g/mol. The molecule has 0 heterocycles. The lowest BCUT2D eigenvalue weighted by atomic mass is 10.2. The molecule has 160 valence electrons. The van der Waals surface area contributed by atoms with Crippen LogP contribution in [0, 0.1) is 3.57 Å². The van der Waals surface area contributed by atoms with E-state index >= 15 is 0 Å². The number of nitrogens with zero attached hydrogens (tertiary/aromatic N) is 1. The van der Waals surface area contributed by atoms with Crippen LogP contribution in [0.15, 0.2) is 83.8 Å². The molecule has 0 saturated carbocycles. The first-order chi connectivity index (χ1) is 14.8. The first-order valence-electron chi connectivity index (χ1n) is 9.37. The summed E-state index contributed by atoms with van der Waals surface area (Å²) in [6.45, 7) is 2.09. The van der Waals surface area contributed by atoms with Crippen molar-refractivity contribution in [3.63, 3.8) is 0 Å². The average molecular weight is 565 g/mol. The molecule has 0 aliphatic heterocycles. The van der Waals surface area contributed by atoms with Gasteiger partial charge in [0.1, 0.15) is 0 Å². The van der Waals surface area contributed by atoms with E-state index in [2.05, 4.69) is 33.2 Å². The summed E-state index contributed by atoms with van der Waals surface area (Å²) >= 11 is 7.30. The van der Waals surface area contributed by atoms with Crippen LogP contribution < -0.4 is 14.9 Å². The minimum Gasteiger partial charge on any atom is -0.332 e. The van der Waals surface area contributed by atoms with Gasteiger partial charge >= 0.3 is 0 Å². The van der Waals surface area contributed by atoms with E-state index in [-0.39, 0.29) is 15.9 Å². The molecule has 6 nitrogen and oxygen atoms in total. The van der Waals surface area contributed by atoms with Gasteiger partial charge in [-0.1, -0.05) is 30.3 Å². The number of hydrogen-bond acceptors (Lipinski definition) is 4. The Kier molecular flexibility index (Phi) is 7.63. The van der Waals surface area contributed by atoms with Crippen LogP contribution in [0.1, 0.15) is 17.3 Å². The smallest absolute Gasteiger partial charge is 0.264 e. The van der Waals surface area contributed by atoms with E-state index < -0.39 is 10.0 Å². The number of anilines is 2. The Bertz CT molecular complexity index is 1180. The maximum absolute atomic E-state index is 13.1. The van der Waals surface area contributed by atoms with Gasteiger partial charge in [0.05, 0.1) is 16.1 Å². The molecule has 0 fully saturated rings. The molecule has 0 radical (unpaired) electrons. The molecule has 0 saturated heterocycles. The van der Waals surface area contributed by atoms with Crippen molar-refractivity contribution in [1.29, 1.82) is 0 Å². The molecule has 2 N–H and O–H groups in total. The van der Waals surface area contributed by atoms with Gasteiger partial charge < -0.3 is 5.32 Å². The van der Waals surface area contributed by atoms with E-state index in [9.17, 15) is 13.2 Å². The number of hydrogen-bond donors (Lipinski definition) is 2. The minimum absolute atomic E-state index is 0.125. The van der Waals surface area contributed by atoms with E-state index in [1.807, 2.05) is 18.2 Å². The van der Waals surface area contributed by atoms with Gasteiger partial charge in [0.25, 0.3) is 15.9 Å². The Balaban J connectivity index is 1.70. The van der Waals surface area contributed by atoms with Crippen LogP contribution in [-0.4, -0.2) is 26.0 Å². The number of thiocarbonyl (C=S) groups is 1. The van der Waals surface area contributed by atoms with Crippen molar-refractivity contribution < 1.29 is 13.2 Å². The fourth-order valence-corrected chi connectivity index (χ4v) is 5.22. The molecule has 3 rings (SSSR count). The highest BCUT2D eigenvalue weighted by molar-refractivity contribution is 14.1. The maximum Gasteiger partial charge on any atom is 0.264 e. The van der Waals surface area contributed by atoms with Crippen molar-refractivity contribution >= 4 is 67.2 Å². The summed E-state index contributed by atoms with van der Waals surface area (Å²) in [5.74, 6) is -0.317. The molecular formula is C22H20IN3O3S2. The molecule has 0 aliphatic carbocycles. The number of nitrogens with one attached hydrogen (secondary N) is 2. The van der Waals surface area contributed by atoms with Gasteiger partial charge in [0, 0.05) is 15.8 Å². The lowest BCUT2D eigenvalue weighted by Gasteiger charge is -2.23. The van der Waals surface area contributed by atoms with E-state index in [0.717, 1.165) is 3.57 Å². The summed E-state index contributed by atoms with van der Waals surface area (Å²) in [7, 11) is -3.71. The van der Waals surface area contributed by atoms with Crippen molar-refractivity contribution in [2.45, 2.75) is 11.8 Å². The normalized spacial score (nSPS) is 10.9. The Morgan fingerprint density at radius 2 is 1.58 bits per heavy atom. The number of halogens is 1. The summed E-state index contributed by atoms with van der Waals surface area (Å²) in [4.78, 5) is 12.5. The highest BCUT2D eigenvalue weighted by Crippen LogP contribution is 2.24. The second-order valence-corrected chi connectivity index (χ2v) is 9.85. The minimum atomic E-state index is -3.71. The van der Waals surface area contributed by atoms with Crippen LogP contribution >= 0.6 is 34.8 Å². The average Bonchev–Trinajstić information content (AvgIpc) is 2.75. The summed E-state index contributed by atoms with van der Waals surface area (Å²) < 4.78 is 28.3. The zero-order valence-corrected chi connectivity index (χ0v) is 20.4. The second-order valence-electron chi connectivity index (χ2n) is 6.42. The van der Waals surface area contributed by atoms with E-state index in [1.54, 1.807) is 55.5 Å². The molecule has 3 aromatic rings. The predicted octanol–water partition coefficient (Wildman–Crippen LogP) is 4.63. The fraction of sp³-hybridized carbons (Fsp3) is 0.0909. The van der Waals surface area contributed by atoms with Crippen molar-refractivity contribution in [1.82, 2.24) is 5.32 Å². The largest absolute Gasteiger partial charge is 0.332 e. The van der Waals surface area contributed by atoms with Crippen molar-refractivity contribution in [2.24, 2.45) is 0 Å². The van der Waals surface area contributed by atoms with Gasteiger partial charge in [0.2, 0.25) is 0 Å². The summed E-state index contributed by atoms with van der Waals surface area (Å²) in [6.07, 6.45) is 0. The van der Waals surface area contributed by atoms with Gasteiger partial charge in [-0.05, 0) is 90.3 Å². The standard InChI is InChI=1S/C22H20IN3O3S2/c1-2-26(17-8-4-3-5-9-17)31(28,29)18-14-12-16(13-15-18)24-22(30)25-21(27)19-10-6-7-11-20(19)23/h3-15H,2H2,1H3,(H2,24,25,27,30). The SMILES string of the molecule is CCN(c1ccccc1)S(=O)(=O)c1ccc(NC(=S)NC(=O)c2ccccc2I)cc1. The fourth-order valence-electron chi connectivity index (χ4n) is 2.90. The van der Waals surface area contributed by atoms with Crippen LogP contribution in [0.5, 0.6) is 0 Å². The van der Waals surface area contributed by atoms with Crippen LogP contribution in [0.25, 0.3) is 0 Å². The first-order valence-corrected chi connectivity index (χ1v) is 12.3. The molecule has 0 aliphatic rings. The Labute approximate surface area is 200 Å². The number of amides is 1. The first kappa shape index (κ1) is 23.2. The van der Waals surface area contributed by atoms with Gasteiger partial charge in [-0.2, -0.15) is 0 Å². The zero-order chi connectivity index (χ0) is 22.4. The predicted molar refractivity (Wildman–Crippen MR) is 136 cm³/mol. The Hall–Kier alpha value is -2.50. The van der Waals surface area contributed by atoms with Crippen LogP contribution in [0.4, 0.5) is 11.4 Å². The molecule has 0 unspecified atom stereocenters. The van der Waals surface area contributed by atoms with E-state index in [0.29, 0.717) is 23.5 Å². The summed E-state index contributed by atoms with van der Waals surface area (Å²) in [5, 5.41) is 5.66. The third-order valence-corrected chi connectivity index (χ3v) is 7.44. The quantitative estimate of drug-likeness (QED) is 0.337. The summed E-state index contributed by atoms with van der Waals surface area (Å²) in [6, 6.07) is 22.4. The topological polar surface area (TPSA) is 78.5 Å². The third kappa shape index (κ3) is 5.60. The van der Waals surface area contributed by atoms with Gasteiger partial charge in [-0.15, -0.1) is 0 Å². The van der Waals surface area contributed by atoms with Crippen molar-refractivity contribution in [3.8, 4) is 0 Å². The van der Waals surface area contributed by atoms with Crippen molar-refractivity contribution in [2.75, 3.05) is 16.2 Å². The molecule has 31 heavy (non-hydrogen) atoms. The molecular weight excluding hydrogens is 545 g/mol. The molecule has 0 aromatic heterocycles. The number of para-hydroxylation sites is 1. The maximum atomic E-state index is 13.1. The van der Waals surface area contributed by atoms with Crippen molar-refractivity contribution in [3.05, 3.63) is 88.0 Å². The van der Waals surface area contributed by atoms with E-state index in [1.165, 1.54) is 16.4 Å². The highest BCUT2D eigenvalue weighted by atomic mass is 127. The number of benzene rings is 3. The lowest BCUT2D eigenvalue weighted by molar-refractivity contribution is 0.0977. The van der Waals surface area contributed by atoms with Gasteiger partial charge in [-0.25, -0.2) is 8.42 Å². The Morgan fingerprint density at radius 3 is 2.19 bits per heavy atom. The number of carbonyl (C=O) groups excluding carboxylic acids is 1. The van der Waals surface area contributed by atoms with E-state index in [4.69, 9.17) is 12.2 Å². The molecule has 0 atom stereocenters. The summed E-state index contributed by atoms with van der Waals surface area (Å²) in [5.41, 5.74) is 1.69. The third-order valence-electron chi connectivity index (χ3n) is 4.38. The molecule has 9 heteroatoms. The lowest BCUT2D eigenvalue weighted by Crippen LogP contribution is -2.34. The molecule has 1 amide bonds. The van der Waals surface area contributed by atoms with Gasteiger partial charge in [-0.3, -0.25) is 14.4 Å². The molecule has 3 aromatic carbocycles. The number of sulfonamides is 1. The molecule has 0 spiro atoms. The number of rotatable bonds is 6. The van der Waals surface area contributed by atoms with Crippen LogP contribution in [0.3, 0.4) is 0 Å². The van der Waals surface area contributed by atoms with Crippen LogP contribution in [0.2, 0.25) is 0 Å². The number of carbonyl (C=O) groups is 1. The second kappa shape index (κ2) is 10.2. The Morgan fingerprint density at radius 1 is 0.968 bits per heavy atom. The molecule has 0 bridgehead atoms. The zero-order valence-electron chi connectivity index (χ0n) is 16.6. The van der Waals surface area contributed by atoms with Gasteiger partial charge in [0.15, 0.2) is 5.11 Å². The van der Waals surface area contributed by atoms with Crippen LogP contribution in [-0.2, 0) is 10.0 Å².